The molecule has 11 heteroatoms. The van der Waals surface area contributed by atoms with Crippen molar-refractivity contribution in [2.75, 3.05) is 24.2 Å². The third-order valence-corrected chi connectivity index (χ3v) is 9.51. The van der Waals surface area contributed by atoms with Gasteiger partial charge in [-0.05, 0) is 54.7 Å². The number of benzene rings is 2. The van der Waals surface area contributed by atoms with E-state index in [1.165, 1.54) is 6.92 Å². The van der Waals surface area contributed by atoms with Gasteiger partial charge in [0.25, 0.3) is 0 Å². The van der Waals surface area contributed by atoms with Crippen LogP contribution < -0.4 is 15.5 Å². The van der Waals surface area contributed by atoms with Crippen LogP contribution in [-0.4, -0.2) is 56.5 Å². The zero-order valence-corrected chi connectivity index (χ0v) is 22.6. The predicted molar refractivity (Wildman–Crippen MR) is 145 cm³/mol. The van der Waals surface area contributed by atoms with E-state index in [2.05, 4.69) is 15.6 Å². The molecule has 1 heterocycles. The maximum absolute atomic E-state index is 13.1. The fraction of sp³-hybridized carbons (Fsp3) is 0.385. The highest BCUT2D eigenvalue weighted by molar-refractivity contribution is 7.92. The van der Waals surface area contributed by atoms with Crippen LogP contribution in [0.2, 0.25) is 0 Å². The number of fused-ring (bicyclic) bond motifs is 1. The smallest absolute Gasteiger partial charge is 0.245 e. The molecule has 1 fully saturated rings. The second kappa shape index (κ2) is 11.0. The molecule has 0 spiro atoms. The molecular formula is C26H30N4O5S2. The topological polar surface area (TPSA) is 126 Å². The third kappa shape index (κ3) is 6.34. The van der Waals surface area contributed by atoms with Crippen LogP contribution in [0.1, 0.15) is 43.4 Å². The lowest BCUT2D eigenvalue weighted by atomic mass is 10.1. The van der Waals surface area contributed by atoms with Gasteiger partial charge in [-0.2, -0.15) is 0 Å². The van der Waals surface area contributed by atoms with Gasteiger partial charge in [0.2, 0.25) is 17.7 Å². The highest BCUT2D eigenvalue weighted by Crippen LogP contribution is 2.34. The standard InChI is InChI=1S/C26H30N4O5S2/c1-4-13-37(34,35)24(25(33)27-15-23(32)28-19-8-9-19)26-29-21-12-7-18(14-22(21)36-26)17-5-10-20(11-6-17)30(3)16(2)31/h5-7,10-12,14,19,24H,4,8-9,13,15H2,1-3H3,(H,27,33)(H,28,32). The molecule has 0 saturated heterocycles. The lowest BCUT2D eigenvalue weighted by molar-refractivity contribution is -0.126. The van der Waals surface area contributed by atoms with Crippen molar-refractivity contribution in [3.05, 3.63) is 47.5 Å². The molecule has 3 amide bonds. The average molecular weight is 543 g/mol. The van der Waals surface area contributed by atoms with Crippen molar-refractivity contribution in [2.45, 2.75) is 44.4 Å². The Morgan fingerprint density at radius 2 is 1.78 bits per heavy atom. The largest absolute Gasteiger partial charge is 0.352 e. The monoisotopic (exact) mass is 542 g/mol. The SMILES string of the molecule is CCCS(=O)(=O)C(C(=O)NCC(=O)NC1CC1)c1nc2ccc(-c3ccc(N(C)C(C)=O)cc3)cc2s1. The van der Waals surface area contributed by atoms with Crippen LogP contribution in [0.5, 0.6) is 0 Å². The molecule has 1 aromatic heterocycles. The summed E-state index contributed by atoms with van der Waals surface area (Å²) in [6.07, 6.45) is 2.19. The quantitative estimate of drug-likeness (QED) is 0.405. The Morgan fingerprint density at radius 3 is 2.41 bits per heavy atom. The van der Waals surface area contributed by atoms with E-state index in [-0.39, 0.29) is 35.2 Å². The molecule has 2 N–H and O–H groups in total. The highest BCUT2D eigenvalue weighted by atomic mass is 32.2. The maximum atomic E-state index is 13.1. The van der Waals surface area contributed by atoms with Crippen molar-refractivity contribution in [2.24, 2.45) is 0 Å². The second-order valence-corrected chi connectivity index (χ2v) is 12.4. The number of hydrogen-bond acceptors (Lipinski definition) is 7. The number of sulfone groups is 1. The van der Waals surface area contributed by atoms with Gasteiger partial charge in [-0.3, -0.25) is 14.4 Å². The van der Waals surface area contributed by atoms with Crippen LogP contribution >= 0.6 is 11.3 Å². The number of amides is 3. The molecule has 37 heavy (non-hydrogen) atoms. The number of aromatic nitrogens is 1. The van der Waals surface area contributed by atoms with E-state index in [1.54, 1.807) is 24.9 Å². The zero-order valence-electron chi connectivity index (χ0n) is 21.0. The number of nitrogens with zero attached hydrogens (tertiary/aromatic N) is 2. The summed E-state index contributed by atoms with van der Waals surface area (Å²) >= 11 is 1.16. The number of anilines is 1. The number of carbonyl (C=O) groups excluding carboxylic acids is 3. The van der Waals surface area contributed by atoms with E-state index < -0.39 is 21.0 Å². The van der Waals surface area contributed by atoms with Crippen LogP contribution in [0.3, 0.4) is 0 Å². The van der Waals surface area contributed by atoms with Crippen LogP contribution in [0.25, 0.3) is 21.3 Å². The van der Waals surface area contributed by atoms with Crippen LogP contribution in [-0.2, 0) is 24.2 Å². The molecule has 0 bridgehead atoms. The van der Waals surface area contributed by atoms with Gasteiger partial charge in [0, 0.05) is 25.7 Å². The van der Waals surface area contributed by atoms with Crippen molar-refractivity contribution in [3.63, 3.8) is 0 Å². The zero-order chi connectivity index (χ0) is 26.7. The average Bonchev–Trinajstić information content (AvgIpc) is 3.57. The van der Waals surface area contributed by atoms with Crippen LogP contribution in [0.15, 0.2) is 42.5 Å². The van der Waals surface area contributed by atoms with E-state index in [0.717, 1.165) is 45.7 Å². The molecule has 196 valence electrons. The molecule has 0 aliphatic heterocycles. The fourth-order valence-corrected chi connectivity index (χ4v) is 7.04. The Hall–Kier alpha value is -3.31. The van der Waals surface area contributed by atoms with Crippen molar-refractivity contribution >= 4 is 54.8 Å². The first kappa shape index (κ1) is 26.7. The van der Waals surface area contributed by atoms with Crippen LogP contribution in [0.4, 0.5) is 5.69 Å². The minimum Gasteiger partial charge on any atom is -0.352 e. The van der Waals surface area contributed by atoms with Crippen LogP contribution in [0, 0.1) is 0 Å². The second-order valence-electron chi connectivity index (χ2n) is 9.17. The van der Waals surface area contributed by atoms with Crippen molar-refractivity contribution < 1.29 is 22.8 Å². The van der Waals surface area contributed by atoms with E-state index in [1.807, 2.05) is 36.4 Å². The molecule has 1 atom stereocenters. The Labute approximate surface area is 220 Å². The predicted octanol–water partition coefficient (Wildman–Crippen LogP) is 3.21. The first-order valence-electron chi connectivity index (χ1n) is 12.1. The number of nitrogens with one attached hydrogen (secondary N) is 2. The van der Waals surface area contributed by atoms with Gasteiger partial charge in [-0.15, -0.1) is 11.3 Å². The van der Waals surface area contributed by atoms with Gasteiger partial charge < -0.3 is 15.5 Å². The number of hydrogen-bond donors (Lipinski definition) is 2. The maximum Gasteiger partial charge on any atom is 0.245 e. The number of carbonyl (C=O) groups is 3. The molecule has 9 nitrogen and oxygen atoms in total. The summed E-state index contributed by atoms with van der Waals surface area (Å²) in [5.74, 6) is -1.31. The van der Waals surface area contributed by atoms with E-state index >= 15 is 0 Å². The normalized spacial score (nSPS) is 14.2. The first-order valence-corrected chi connectivity index (χ1v) is 14.7. The summed E-state index contributed by atoms with van der Waals surface area (Å²) in [6, 6.07) is 13.3. The van der Waals surface area contributed by atoms with Gasteiger partial charge in [0.05, 0.1) is 22.5 Å². The van der Waals surface area contributed by atoms with Gasteiger partial charge in [0.1, 0.15) is 5.01 Å². The highest BCUT2D eigenvalue weighted by Gasteiger charge is 2.36. The van der Waals surface area contributed by atoms with Gasteiger partial charge >= 0.3 is 0 Å². The lowest BCUT2D eigenvalue weighted by Gasteiger charge is -2.15. The minimum atomic E-state index is -3.84. The molecule has 0 radical (unpaired) electrons. The van der Waals surface area contributed by atoms with Gasteiger partial charge in [0.15, 0.2) is 15.1 Å². The summed E-state index contributed by atoms with van der Waals surface area (Å²) in [7, 11) is -2.13. The van der Waals surface area contributed by atoms with E-state index in [4.69, 9.17) is 0 Å². The minimum absolute atomic E-state index is 0.0634. The molecule has 3 aromatic rings. The molecule has 2 aromatic carbocycles. The summed E-state index contributed by atoms with van der Waals surface area (Å²) in [4.78, 5) is 42.7. The van der Waals surface area contributed by atoms with Crippen molar-refractivity contribution in [1.29, 1.82) is 0 Å². The molecule has 1 saturated carbocycles. The number of thiazole rings is 1. The van der Waals surface area contributed by atoms with Crippen molar-refractivity contribution in [3.8, 4) is 11.1 Å². The third-order valence-electron chi connectivity index (χ3n) is 6.14. The Kier molecular flexibility index (Phi) is 7.93. The van der Waals surface area contributed by atoms with E-state index in [9.17, 15) is 22.8 Å². The summed E-state index contributed by atoms with van der Waals surface area (Å²) in [6.45, 7) is 2.96. The van der Waals surface area contributed by atoms with Gasteiger partial charge in [-0.25, -0.2) is 13.4 Å². The molecule has 1 unspecified atom stereocenters. The lowest BCUT2D eigenvalue weighted by Crippen LogP contribution is -2.41. The van der Waals surface area contributed by atoms with Crippen molar-refractivity contribution in [1.82, 2.24) is 15.6 Å². The van der Waals surface area contributed by atoms with Gasteiger partial charge in [-0.1, -0.05) is 25.1 Å². The Morgan fingerprint density at radius 1 is 1.11 bits per heavy atom. The molecule has 1 aliphatic carbocycles. The summed E-state index contributed by atoms with van der Waals surface area (Å²) in [5.41, 5.74) is 3.19. The Balaban J connectivity index is 1.60. The first-order chi connectivity index (χ1) is 17.6. The summed E-state index contributed by atoms with van der Waals surface area (Å²) in [5, 5.41) is 3.96. The summed E-state index contributed by atoms with van der Waals surface area (Å²) < 4.78 is 26.9. The molecular weight excluding hydrogens is 512 g/mol. The molecule has 1 aliphatic rings. The van der Waals surface area contributed by atoms with E-state index in [0.29, 0.717) is 11.9 Å². The molecule has 4 rings (SSSR count). The number of rotatable bonds is 10. The Bertz CT molecular complexity index is 1430. The fourth-order valence-electron chi connectivity index (χ4n) is 3.89.